The van der Waals surface area contributed by atoms with Gasteiger partial charge in [-0.25, -0.2) is 4.39 Å². The Hall–Kier alpha value is -2.47. The number of ether oxygens (including phenoxy) is 1. The number of amides is 1. The molecule has 0 unspecified atom stereocenters. The first-order valence-electron chi connectivity index (χ1n) is 9.19. The lowest BCUT2D eigenvalue weighted by atomic mass is 10.2. The number of rotatable bonds is 9. The zero-order valence-corrected chi connectivity index (χ0v) is 16.3. The third-order valence-electron chi connectivity index (χ3n) is 3.94. The molecule has 0 bridgehead atoms. The summed E-state index contributed by atoms with van der Waals surface area (Å²) < 4.78 is 18.9. The van der Waals surface area contributed by atoms with Crippen LogP contribution in [-0.2, 0) is 0 Å². The van der Waals surface area contributed by atoms with E-state index in [1.807, 2.05) is 0 Å². The smallest absolute Gasteiger partial charge is 0.257 e. The molecule has 144 valence electrons. The lowest BCUT2D eigenvalue weighted by Crippen LogP contribution is -2.34. The zero-order valence-electron chi connectivity index (χ0n) is 15.5. The molecule has 0 radical (unpaired) electrons. The van der Waals surface area contributed by atoms with Gasteiger partial charge in [0, 0.05) is 11.3 Å². The highest BCUT2D eigenvalue weighted by Gasteiger charge is 2.08. The number of halogens is 1. The summed E-state index contributed by atoms with van der Waals surface area (Å²) in [5.41, 5.74) is 0.941. The van der Waals surface area contributed by atoms with E-state index in [4.69, 9.17) is 17.0 Å². The van der Waals surface area contributed by atoms with Crippen molar-refractivity contribution in [1.82, 2.24) is 5.32 Å². The molecule has 0 heterocycles. The maximum absolute atomic E-state index is 13.2. The molecule has 0 saturated heterocycles. The van der Waals surface area contributed by atoms with Gasteiger partial charge in [0.1, 0.15) is 11.6 Å². The molecule has 1 amide bonds. The molecule has 0 atom stereocenters. The Labute approximate surface area is 165 Å². The van der Waals surface area contributed by atoms with Gasteiger partial charge in [-0.05, 0) is 61.1 Å². The van der Waals surface area contributed by atoms with Crippen molar-refractivity contribution in [3.8, 4) is 5.75 Å². The quantitative estimate of drug-likeness (QED) is 0.452. The summed E-state index contributed by atoms with van der Waals surface area (Å²) in [7, 11) is 0. The van der Waals surface area contributed by atoms with Crippen LogP contribution in [0.4, 0.5) is 10.1 Å². The van der Waals surface area contributed by atoms with Crippen LogP contribution in [0.25, 0.3) is 0 Å². The standard InChI is InChI=1S/C21H25FN2O2S/c1-2-3-4-5-6-14-26-19-12-10-16(11-13-19)20(25)24-21(27)23-18-9-7-8-17(22)15-18/h7-13,15H,2-6,14H2,1H3,(H2,23,24,25,27). The number of hydrogen-bond donors (Lipinski definition) is 2. The largest absolute Gasteiger partial charge is 0.494 e. The summed E-state index contributed by atoms with van der Waals surface area (Å²) in [6.45, 7) is 2.87. The molecule has 4 nitrogen and oxygen atoms in total. The molecule has 2 N–H and O–H groups in total. The normalized spacial score (nSPS) is 10.3. The second kappa shape index (κ2) is 11.3. The van der Waals surface area contributed by atoms with Crippen molar-refractivity contribution < 1.29 is 13.9 Å². The fourth-order valence-corrected chi connectivity index (χ4v) is 2.71. The van der Waals surface area contributed by atoms with E-state index in [9.17, 15) is 9.18 Å². The van der Waals surface area contributed by atoms with Crippen LogP contribution in [0.3, 0.4) is 0 Å². The Morgan fingerprint density at radius 3 is 2.52 bits per heavy atom. The van der Waals surface area contributed by atoms with E-state index in [0.717, 1.165) is 12.2 Å². The second-order valence-electron chi connectivity index (χ2n) is 6.21. The first kappa shape index (κ1) is 20.8. The number of anilines is 1. The predicted molar refractivity (Wildman–Crippen MR) is 111 cm³/mol. The summed E-state index contributed by atoms with van der Waals surface area (Å²) in [4.78, 5) is 12.2. The van der Waals surface area contributed by atoms with Crippen molar-refractivity contribution in [1.29, 1.82) is 0 Å². The SMILES string of the molecule is CCCCCCCOc1ccc(C(=O)NC(=S)Nc2cccc(F)c2)cc1. The van der Waals surface area contributed by atoms with Gasteiger partial charge in [-0.3, -0.25) is 10.1 Å². The molecular weight excluding hydrogens is 363 g/mol. The molecule has 2 aromatic carbocycles. The zero-order chi connectivity index (χ0) is 19.5. The average Bonchev–Trinajstić information content (AvgIpc) is 2.65. The van der Waals surface area contributed by atoms with E-state index in [1.165, 1.54) is 37.8 Å². The van der Waals surface area contributed by atoms with Gasteiger partial charge in [0.05, 0.1) is 6.61 Å². The van der Waals surface area contributed by atoms with E-state index < -0.39 is 0 Å². The fourth-order valence-electron chi connectivity index (χ4n) is 2.50. The lowest BCUT2D eigenvalue weighted by Gasteiger charge is -2.10. The maximum atomic E-state index is 13.2. The molecular formula is C21H25FN2O2S. The van der Waals surface area contributed by atoms with Crippen molar-refractivity contribution in [2.45, 2.75) is 39.0 Å². The molecule has 0 aliphatic rings. The lowest BCUT2D eigenvalue weighted by molar-refractivity contribution is 0.0977. The minimum atomic E-state index is -0.380. The first-order chi connectivity index (χ1) is 13.1. The predicted octanol–water partition coefficient (Wildman–Crippen LogP) is 5.30. The van der Waals surface area contributed by atoms with Gasteiger partial charge < -0.3 is 10.1 Å². The van der Waals surface area contributed by atoms with Crippen LogP contribution in [0.1, 0.15) is 49.4 Å². The molecule has 0 aliphatic carbocycles. The van der Waals surface area contributed by atoms with Crippen molar-refractivity contribution in [2.24, 2.45) is 0 Å². The summed E-state index contributed by atoms with van der Waals surface area (Å²) in [5, 5.41) is 5.46. The second-order valence-corrected chi connectivity index (χ2v) is 6.61. The number of carbonyl (C=O) groups excluding carboxylic acids is 1. The van der Waals surface area contributed by atoms with E-state index in [-0.39, 0.29) is 16.8 Å². The Balaban J connectivity index is 1.76. The Kier molecular flexibility index (Phi) is 8.71. The highest BCUT2D eigenvalue weighted by Crippen LogP contribution is 2.14. The van der Waals surface area contributed by atoms with E-state index >= 15 is 0 Å². The maximum Gasteiger partial charge on any atom is 0.257 e. The fraction of sp³-hybridized carbons (Fsp3) is 0.333. The minimum Gasteiger partial charge on any atom is -0.494 e. The van der Waals surface area contributed by atoms with E-state index in [2.05, 4.69) is 17.6 Å². The van der Waals surface area contributed by atoms with Gasteiger partial charge in [-0.2, -0.15) is 0 Å². The minimum absolute atomic E-state index is 0.109. The van der Waals surface area contributed by atoms with Crippen LogP contribution in [0, 0.1) is 5.82 Å². The Bertz CT molecular complexity index is 750. The molecule has 0 fully saturated rings. The van der Waals surface area contributed by atoms with Gasteiger partial charge in [-0.15, -0.1) is 0 Å². The van der Waals surface area contributed by atoms with Crippen LogP contribution in [0.2, 0.25) is 0 Å². The highest BCUT2D eigenvalue weighted by atomic mass is 32.1. The molecule has 0 aliphatic heterocycles. The topological polar surface area (TPSA) is 50.4 Å². The molecule has 0 aromatic heterocycles. The third-order valence-corrected chi connectivity index (χ3v) is 4.15. The molecule has 27 heavy (non-hydrogen) atoms. The summed E-state index contributed by atoms with van der Waals surface area (Å²) >= 11 is 5.09. The van der Waals surface area contributed by atoms with Crippen LogP contribution < -0.4 is 15.4 Å². The Morgan fingerprint density at radius 1 is 1.07 bits per heavy atom. The molecule has 0 spiro atoms. The van der Waals surface area contributed by atoms with Gasteiger partial charge >= 0.3 is 0 Å². The first-order valence-corrected chi connectivity index (χ1v) is 9.60. The van der Waals surface area contributed by atoms with Crippen molar-refractivity contribution in [3.05, 3.63) is 59.9 Å². The number of unbranched alkanes of at least 4 members (excludes halogenated alkanes) is 4. The molecule has 6 heteroatoms. The van der Waals surface area contributed by atoms with Crippen LogP contribution in [-0.4, -0.2) is 17.6 Å². The van der Waals surface area contributed by atoms with Crippen LogP contribution in [0.15, 0.2) is 48.5 Å². The summed E-state index contributed by atoms with van der Waals surface area (Å²) in [5.74, 6) is 0.0209. The number of benzene rings is 2. The summed E-state index contributed by atoms with van der Waals surface area (Å²) in [6.07, 6.45) is 5.93. The van der Waals surface area contributed by atoms with Crippen molar-refractivity contribution >= 4 is 28.9 Å². The Morgan fingerprint density at radius 2 is 1.81 bits per heavy atom. The number of nitrogens with one attached hydrogen (secondary N) is 2. The number of thiocarbonyl (C=S) groups is 1. The molecule has 2 aromatic rings. The van der Waals surface area contributed by atoms with E-state index in [0.29, 0.717) is 17.9 Å². The van der Waals surface area contributed by atoms with Gasteiger partial charge in [0.2, 0.25) is 0 Å². The molecule has 0 saturated carbocycles. The van der Waals surface area contributed by atoms with Crippen LogP contribution in [0.5, 0.6) is 5.75 Å². The van der Waals surface area contributed by atoms with Gasteiger partial charge in [0.15, 0.2) is 5.11 Å². The summed E-state index contributed by atoms with van der Waals surface area (Å²) in [6, 6.07) is 12.8. The van der Waals surface area contributed by atoms with Crippen molar-refractivity contribution in [3.63, 3.8) is 0 Å². The van der Waals surface area contributed by atoms with Crippen LogP contribution >= 0.6 is 12.2 Å². The highest BCUT2D eigenvalue weighted by molar-refractivity contribution is 7.80. The van der Waals surface area contributed by atoms with Crippen molar-refractivity contribution in [2.75, 3.05) is 11.9 Å². The van der Waals surface area contributed by atoms with E-state index in [1.54, 1.807) is 36.4 Å². The van der Waals surface area contributed by atoms with Gasteiger partial charge in [-0.1, -0.05) is 38.7 Å². The number of carbonyl (C=O) groups is 1. The monoisotopic (exact) mass is 388 g/mol. The number of hydrogen-bond acceptors (Lipinski definition) is 3. The average molecular weight is 389 g/mol. The third kappa shape index (κ3) is 7.74. The van der Waals surface area contributed by atoms with Gasteiger partial charge in [0.25, 0.3) is 5.91 Å². The molecule has 2 rings (SSSR count).